The van der Waals surface area contributed by atoms with E-state index in [4.69, 9.17) is 4.74 Å². The van der Waals surface area contributed by atoms with Crippen molar-refractivity contribution in [3.8, 4) is 0 Å². The molecule has 170 valence electrons. The molecule has 2 amide bonds. The van der Waals surface area contributed by atoms with E-state index in [9.17, 15) is 14.4 Å². The molecular formula is C26H32N2O4. The Bertz CT molecular complexity index is 918. The van der Waals surface area contributed by atoms with Gasteiger partial charge in [0.1, 0.15) is 11.6 Å². The van der Waals surface area contributed by atoms with E-state index in [0.29, 0.717) is 12.8 Å². The Kier molecular flexibility index (Phi) is 9.20. The summed E-state index contributed by atoms with van der Waals surface area (Å²) in [5.74, 6) is -0.459. The van der Waals surface area contributed by atoms with Crippen LogP contribution in [0.3, 0.4) is 0 Å². The first kappa shape index (κ1) is 24.9. The monoisotopic (exact) mass is 436 g/mol. The van der Waals surface area contributed by atoms with Crippen molar-refractivity contribution in [2.24, 2.45) is 0 Å². The molecule has 2 aromatic rings. The second-order valence-electron chi connectivity index (χ2n) is 8.66. The molecule has 0 saturated carbocycles. The fourth-order valence-electron chi connectivity index (χ4n) is 3.08. The molecule has 0 aliphatic carbocycles. The number of hydrogen-bond acceptors (Lipinski definition) is 4. The van der Waals surface area contributed by atoms with Gasteiger partial charge in [-0.25, -0.2) is 4.79 Å². The number of allylic oxidation sites excluding steroid dienone is 1. The molecule has 0 spiro atoms. The Labute approximate surface area is 190 Å². The minimum atomic E-state index is -0.837. The molecule has 0 heterocycles. The van der Waals surface area contributed by atoms with Crippen LogP contribution in [0.2, 0.25) is 0 Å². The number of carbonyl (C=O) groups is 3. The molecule has 0 fully saturated rings. The van der Waals surface area contributed by atoms with Gasteiger partial charge in [0.05, 0.1) is 6.04 Å². The zero-order valence-electron chi connectivity index (χ0n) is 19.1. The van der Waals surface area contributed by atoms with Crippen LogP contribution in [0.4, 0.5) is 4.79 Å². The predicted molar refractivity (Wildman–Crippen MR) is 125 cm³/mol. The van der Waals surface area contributed by atoms with E-state index in [1.807, 2.05) is 60.7 Å². The van der Waals surface area contributed by atoms with Gasteiger partial charge in [0, 0.05) is 6.42 Å². The third-order valence-electron chi connectivity index (χ3n) is 4.48. The van der Waals surface area contributed by atoms with Gasteiger partial charge in [-0.1, -0.05) is 66.7 Å². The molecule has 2 atom stereocenters. The normalized spacial score (nSPS) is 13.2. The fourth-order valence-corrected chi connectivity index (χ4v) is 3.08. The van der Waals surface area contributed by atoms with Crippen LogP contribution in [0.15, 0.2) is 72.8 Å². The first-order valence-corrected chi connectivity index (χ1v) is 10.7. The van der Waals surface area contributed by atoms with Crippen LogP contribution >= 0.6 is 0 Å². The summed E-state index contributed by atoms with van der Waals surface area (Å²) in [6.45, 7) is 6.75. The van der Waals surface area contributed by atoms with Gasteiger partial charge < -0.3 is 15.4 Å². The van der Waals surface area contributed by atoms with Gasteiger partial charge in [0.15, 0.2) is 5.78 Å². The molecule has 6 nitrogen and oxygen atoms in total. The van der Waals surface area contributed by atoms with Crippen molar-refractivity contribution in [3.63, 3.8) is 0 Å². The number of ketones is 1. The van der Waals surface area contributed by atoms with Crippen molar-refractivity contribution < 1.29 is 19.1 Å². The van der Waals surface area contributed by atoms with Crippen LogP contribution in [0.1, 0.15) is 38.8 Å². The zero-order chi connectivity index (χ0) is 23.6. The largest absolute Gasteiger partial charge is 0.444 e. The molecule has 32 heavy (non-hydrogen) atoms. The smallest absolute Gasteiger partial charge is 0.408 e. The Hall–Kier alpha value is -3.41. The summed E-state index contributed by atoms with van der Waals surface area (Å²) in [5.41, 5.74) is 1.24. The van der Waals surface area contributed by atoms with Crippen molar-refractivity contribution in [1.29, 1.82) is 0 Å². The minimum absolute atomic E-state index is 0.106. The lowest BCUT2D eigenvalue weighted by Crippen LogP contribution is -2.51. The third kappa shape index (κ3) is 9.60. The van der Waals surface area contributed by atoms with E-state index in [0.717, 1.165) is 11.1 Å². The summed E-state index contributed by atoms with van der Waals surface area (Å²) in [5, 5.41) is 5.65. The van der Waals surface area contributed by atoms with Gasteiger partial charge >= 0.3 is 6.09 Å². The molecule has 2 aromatic carbocycles. The number of rotatable bonds is 9. The second-order valence-corrected chi connectivity index (χ2v) is 8.66. The Morgan fingerprint density at radius 1 is 0.875 bits per heavy atom. The highest BCUT2D eigenvalue weighted by Crippen LogP contribution is 2.10. The zero-order valence-corrected chi connectivity index (χ0v) is 19.1. The van der Waals surface area contributed by atoms with Crippen LogP contribution < -0.4 is 10.6 Å². The van der Waals surface area contributed by atoms with Gasteiger partial charge in [-0.05, 0) is 51.3 Å². The number of carbonyl (C=O) groups excluding carboxylic acids is 3. The van der Waals surface area contributed by atoms with E-state index in [1.165, 1.54) is 13.0 Å². The summed E-state index contributed by atoms with van der Waals surface area (Å²) < 4.78 is 5.35. The molecule has 0 aromatic heterocycles. The maximum absolute atomic E-state index is 13.2. The average Bonchev–Trinajstić information content (AvgIpc) is 2.71. The third-order valence-corrected chi connectivity index (χ3v) is 4.48. The Morgan fingerprint density at radius 2 is 1.41 bits per heavy atom. The lowest BCUT2D eigenvalue weighted by Gasteiger charge is -2.25. The quantitative estimate of drug-likeness (QED) is 0.582. The van der Waals surface area contributed by atoms with E-state index >= 15 is 0 Å². The summed E-state index contributed by atoms with van der Waals surface area (Å²) in [7, 11) is 0. The van der Waals surface area contributed by atoms with Gasteiger partial charge in [0.2, 0.25) is 5.91 Å². The topological polar surface area (TPSA) is 84.5 Å². The molecule has 0 aliphatic heterocycles. The van der Waals surface area contributed by atoms with Gasteiger partial charge in [-0.3, -0.25) is 9.59 Å². The molecule has 0 bridgehead atoms. The highest BCUT2D eigenvalue weighted by molar-refractivity contribution is 5.88. The average molecular weight is 437 g/mol. The minimum Gasteiger partial charge on any atom is -0.444 e. The maximum atomic E-state index is 13.2. The van der Waals surface area contributed by atoms with Crippen LogP contribution in [-0.2, 0) is 27.2 Å². The fraction of sp³-hybridized carbons (Fsp3) is 0.346. The van der Waals surface area contributed by atoms with Crippen LogP contribution in [0.5, 0.6) is 0 Å². The van der Waals surface area contributed by atoms with Crippen molar-refractivity contribution in [3.05, 3.63) is 83.9 Å². The van der Waals surface area contributed by atoms with Crippen molar-refractivity contribution in [2.45, 2.75) is 58.2 Å². The lowest BCUT2D eigenvalue weighted by molar-refractivity contribution is -0.123. The molecule has 2 rings (SSSR count). The van der Waals surface area contributed by atoms with Crippen molar-refractivity contribution in [2.75, 3.05) is 0 Å². The molecule has 0 aliphatic rings. The Morgan fingerprint density at radius 3 is 1.91 bits per heavy atom. The molecule has 2 N–H and O–H groups in total. The maximum Gasteiger partial charge on any atom is 0.408 e. The van der Waals surface area contributed by atoms with Gasteiger partial charge in [-0.2, -0.15) is 0 Å². The van der Waals surface area contributed by atoms with Crippen LogP contribution in [0.25, 0.3) is 0 Å². The van der Waals surface area contributed by atoms with Crippen LogP contribution in [-0.4, -0.2) is 35.5 Å². The Balaban J connectivity index is 2.19. The number of benzene rings is 2. The molecule has 6 heteroatoms. The lowest BCUT2D eigenvalue weighted by atomic mass is 10.0. The highest BCUT2D eigenvalue weighted by Gasteiger charge is 2.26. The molecule has 2 unspecified atom stereocenters. The van der Waals surface area contributed by atoms with Crippen molar-refractivity contribution in [1.82, 2.24) is 10.6 Å². The first-order valence-electron chi connectivity index (χ1n) is 10.7. The molecule has 0 radical (unpaired) electrons. The van der Waals surface area contributed by atoms with E-state index in [2.05, 4.69) is 10.6 Å². The second kappa shape index (κ2) is 11.8. The first-order chi connectivity index (χ1) is 15.1. The number of alkyl carbamates (subject to hydrolysis) is 1. The van der Waals surface area contributed by atoms with E-state index in [-0.39, 0.29) is 11.7 Å². The van der Waals surface area contributed by atoms with E-state index in [1.54, 1.807) is 26.8 Å². The summed E-state index contributed by atoms with van der Waals surface area (Å²) in [6, 6.07) is 17.9. The number of nitrogens with one attached hydrogen (secondary N) is 2. The standard InChI is InChI=1S/C26H32N2O4/c1-19(29)15-16-22(17-20-11-7-5-8-12-20)27-24(30)23(18-21-13-9-6-10-14-21)28-25(31)32-26(2,3)4/h5-16,22-23H,17-18H2,1-4H3,(H,27,30)(H,28,31)/b16-15+. The SMILES string of the molecule is CC(=O)/C=C/C(Cc1ccccc1)NC(=O)C(Cc1ccccc1)NC(=O)OC(C)(C)C. The van der Waals surface area contributed by atoms with Crippen LogP contribution in [0, 0.1) is 0 Å². The van der Waals surface area contributed by atoms with Crippen molar-refractivity contribution >= 4 is 17.8 Å². The summed E-state index contributed by atoms with van der Waals surface area (Å²) in [6.07, 6.45) is 3.29. The summed E-state index contributed by atoms with van der Waals surface area (Å²) in [4.78, 5) is 37.0. The number of amides is 2. The number of hydrogen-bond donors (Lipinski definition) is 2. The van der Waals surface area contributed by atoms with Gasteiger partial charge in [0.25, 0.3) is 0 Å². The highest BCUT2D eigenvalue weighted by atomic mass is 16.6. The van der Waals surface area contributed by atoms with E-state index < -0.39 is 23.8 Å². The summed E-state index contributed by atoms with van der Waals surface area (Å²) >= 11 is 0. The number of ether oxygens (including phenoxy) is 1. The molecule has 0 saturated heterocycles. The predicted octanol–water partition coefficient (Wildman–Crippen LogP) is 4.00. The molecular weight excluding hydrogens is 404 g/mol. The van der Waals surface area contributed by atoms with Gasteiger partial charge in [-0.15, -0.1) is 0 Å².